The number of hydrogen-bond acceptors (Lipinski definition) is 4. The van der Waals surface area contributed by atoms with Crippen molar-refractivity contribution in [2.75, 3.05) is 11.8 Å². The molecule has 3 aromatic rings. The zero-order chi connectivity index (χ0) is 20.3. The van der Waals surface area contributed by atoms with Crippen LogP contribution in [0.25, 0.3) is 0 Å². The highest BCUT2D eigenvalue weighted by molar-refractivity contribution is 9.10. The van der Waals surface area contributed by atoms with Crippen LogP contribution < -0.4 is 9.46 Å². The number of rotatable bonds is 6. The van der Waals surface area contributed by atoms with E-state index in [2.05, 4.69) is 20.7 Å². The summed E-state index contributed by atoms with van der Waals surface area (Å²) >= 11 is 9.32. The van der Waals surface area contributed by atoms with Gasteiger partial charge in [0.2, 0.25) is 0 Å². The van der Waals surface area contributed by atoms with Gasteiger partial charge in [0.25, 0.3) is 10.0 Å². The van der Waals surface area contributed by atoms with Gasteiger partial charge < -0.3 is 4.74 Å². The molecule has 0 aliphatic carbocycles. The van der Waals surface area contributed by atoms with Crippen molar-refractivity contribution in [3.05, 3.63) is 87.4 Å². The Balaban J connectivity index is 2.00. The maximum absolute atomic E-state index is 12.9. The van der Waals surface area contributed by atoms with Crippen LogP contribution in [-0.4, -0.2) is 21.3 Å². The van der Waals surface area contributed by atoms with Gasteiger partial charge in [-0.1, -0.05) is 41.9 Å². The van der Waals surface area contributed by atoms with Crippen LogP contribution >= 0.6 is 27.5 Å². The van der Waals surface area contributed by atoms with Gasteiger partial charge in [-0.15, -0.1) is 0 Å². The average Bonchev–Trinajstić information content (AvgIpc) is 2.69. The van der Waals surface area contributed by atoms with Gasteiger partial charge in [-0.05, 0) is 52.3 Å². The summed E-state index contributed by atoms with van der Waals surface area (Å²) in [6.45, 7) is 0. The number of hydrogen-bond donors (Lipinski definition) is 1. The Morgan fingerprint density at radius 3 is 2.39 bits per heavy atom. The monoisotopic (exact) mass is 479 g/mol. The van der Waals surface area contributed by atoms with E-state index in [4.69, 9.17) is 16.3 Å². The summed E-state index contributed by atoms with van der Waals surface area (Å²) in [5.74, 6) is 0.169. The van der Waals surface area contributed by atoms with Crippen molar-refractivity contribution < 1.29 is 17.9 Å². The molecule has 0 atom stereocenters. The molecule has 0 heterocycles. The van der Waals surface area contributed by atoms with E-state index in [1.807, 2.05) is 0 Å². The van der Waals surface area contributed by atoms with Gasteiger partial charge in [0.15, 0.2) is 5.78 Å². The van der Waals surface area contributed by atoms with E-state index in [1.54, 1.807) is 30.3 Å². The second-order valence-corrected chi connectivity index (χ2v) is 8.76. The lowest BCUT2D eigenvalue weighted by molar-refractivity contribution is 0.103. The van der Waals surface area contributed by atoms with Crippen molar-refractivity contribution >= 4 is 49.0 Å². The molecule has 0 saturated carbocycles. The van der Waals surface area contributed by atoms with Crippen LogP contribution in [0.3, 0.4) is 0 Å². The van der Waals surface area contributed by atoms with Crippen molar-refractivity contribution in [2.24, 2.45) is 0 Å². The average molecular weight is 481 g/mol. The number of sulfonamides is 1. The Hall–Kier alpha value is -2.35. The Bertz CT molecular complexity index is 1130. The number of methoxy groups -OCH3 is 1. The van der Waals surface area contributed by atoms with E-state index in [-0.39, 0.29) is 21.9 Å². The molecule has 0 aliphatic rings. The molecule has 144 valence electrons. The zero-order valence-electron chi connectivity index (χ0n) is 14.6. The van der Waals surface area contributed by atoms with Crippen LogP contribution in [0.15, 0.2) is 76.1 Å². The van der Waals surface area contributed by atoms with Crippen LogP contribution in [-0.2, 0) is 10.0 Å². The maximum atomic E-state index is 12.9. The van der Waals surface area contributed by atoms with Crippen molar-refractivity contribution in [1.29, 1.82) is 0 Å². The van der Waals surface area contributed by atoms with Crippen LogP contribution in [0.2, 0.25) is 5.02 Å². The Labute approximate surface area is 176 Å². The summed E-state index contributed by atoms with van der Waals surface area (Å²) in [6.07, 6.45) is 0. The molecule has 3 aromatic carbocycles. The molecule has 0 fully saturated rings. The third-order valence-electron chi connectivity index (χ3n) is 3.94. The van der Waals surface area contributed by atoms with Crippen molar-refractivity contribution in [3.63, 3.8) is 0 Å². The summed E-state index contributed by atoms with van der Waals surface area (Å²) < 4.78 is 33.8. The van der Waals surface area contributed by atoms with Crippen molar-refractivity contribution in [3.8, 4) is 5.75 Å². The van der Waals surface area contributed by atoms with Gasteiger partial charge in [-0.3, -0.25) is 9.52 Å². The standard InChI is InChI=1S/C20H15BrClNO4S/c1-27-19-10-8-15(12-17(19)21)28(25,26)23-18-9-7-14(22)11-16(18)20(24)13-5-3-2-4-6-13/h2-12,23H,1H3. The Morgan fingerprint density at radius 2 is 1.75 bits per heavy atom. The first-order valence-corrected chi connectivity index (χ1v) is 10.7. The predicted octanol–water partition coefficient (Wildman–Crippen LogP) is 5.14. The number of ether oxygens (including phenoxy) is 1. The number of ketones is 1. The second-order valence-electron chi connectivity index (χ2n) is 5.79. The lowest BCUT2D eigenvalue weighted by Crippen LogP contribution is -2.16. The fourth-order valence-electron chi connectivity index (χ4n) is 2.56. The smallest absolute Gasteiger partial charge is 0.261 e. The number of carbonyl (C=O) groups excluding carboxylic acids is 1. The molecule has 0 aromatic heterocycles. The fraction of sp³-hybridized carbons (Fsp3) is 0.0500. The minimum atomic E-state index is -3.94. The third kappa shape index (κ3) is 4.38. The van der Waals surface area contributed by atoms with Crippen molar-refractivity contribution in [2.45, 2.75) is 4.90 Å². The van der Waals surface area contributed by atoms with E-state index < -0.39 is 10.0 Å². The summed E-state index contributed by atoms with van der Waals surface area (Å²) in [5, 5.41) is 0.328. The van der Waals surface area contributed by atoms with E-state index >= 15 is 0 Å². The molecule has 0 saturated heterocycles. The van der Waals surface area contributed by atoms with E-state index in [9.17, 15) is 13.2 Å². The van der Waals surface area contributed by atoms with Crippen molar-refractivity contribution in [1.82, 2.24) is 0 Å². The zero-order valence-corrected chi connectivity index (χ0v) is 17.8. The Kier molecular flexibility index (Phi) is 6.07. The van der Waals surface area contributed by atoms with Gasteiger partial charge >= 0.3 is 0 Å². The molecule has 8 heteroatoms. The summed E-state index contributed by atoms with van der Waals surface area (Å²) in [7, 11) is -2.45. The molecule has 28 heavy (non-hydrogen) atoms. The first-order chi connectivity index (χ1) is 13.3. The molecule has 1 N–H and O–H groups in total. The molecule has 0 aliphatic heterocycles. The molecular weight excluding hydrogens is 466 g/mol. The highest BCUT2D eigenvalue weighted by Gasteiger charge is 2.21. The topological polar surface area (TPSA) is 72.5 Å². The summed E-state index contributed by atoms with van der Waals surface area (Å²) in [4.78, 5) is 12.9. The molecule has 0 unspecified atom stereocenters. The lowest BCUT2D eigenvalue weighted by Gasteiger charge is -2.13. The van der Waals surface area contributed by atoms with Gasteiger partial charge in [0.05, 0.1) is 22.2 Å². The van der Waals surface area contributed by atoms with Gasteiger partial charge in [-0.25, -0.2) is 8.42 Å². The van der Waals surface area contributed by atoms with Gasteiger partial charge in [-0.2, -0.15) is 0 Å². The minimum Gasteiger partial charge on any atom is -0.496 e. The normalized spacial score (nSPS) is 11.1. The highest BCUT2D eigenvalue weighted by Crippen LogP contribution is 2.30. The number of anilines is 1. The van der Waals surface area contributed by atoms with Crippen LogP contribution in [0.5, 0.6) is 5.75 Å². The quantitative estimate of drug-likeness (QED) is 0.496. The SMILES string of the molecule is COc1ccc(S(=O)(=O)Nc2ccc(Cl)cc2C(=O)c2ccccc2)cc1Br. The van der Waals surface area contributed by atoms with Crippen LogP contribution in [0.1, 0.15) is 15.9 Å². The first-order valence-electron chi connectivity index (χ1n) is 8.07. The largest absolute Gasteiger partial charge is 0.496 e. The summed E-state index contributed by atoms with van der Waals surface area (Å²) in [5.41, 5.74) is 0.734. The first kappa shape index (κ1) is 20.4. The molecule has 0 spiro atoms. The minimum absolute atomic E-state index is 0.0215. The second kappa shape index (κ2) is 8.34. The number of nitrogens with one attached hydrogen (secondary N) is 1. The van der Waals surface area contributed by atoms with Gasteiger partial charge in [0, 0.05) is 16.1 Å². The third-order valence-corrected chi connectivity index (χ3v) is 6.16. The molecule has 0 radical (unpaired) electrons. The number of halogens is 2. The molecular formula is C20H15BrClNO4S. The van der Waals surface area contributed by atoms with E-state index in [1.165, 1.54) is 43.5 Å². The molecule has 0 bridgehead atoms. The number of benzene rings is 3. The fourth-order valence-corrected chi connectivity index (χ4v) is 4.53. The highest BCUT2D eigenvalue weighted by atomic mass is 79.9. The lowest BCUT2D eigenvalue weighted by atomic mass is 10.0. The molecule has 0 amide bonds. The van der Waals surface area contributed by atoms with E-state index in [0.29, 0.717) is 20.8 Å². The Morgan fingerprint density at radius 1 is 1.04 bits per heavy atom. The molecule has 3 rings (SSSR count). The predicted molar refractivity (Wildman–Crippen MR) is 113 cm³/mol. The number of carbonyl (C=O) groups is 1. The maximum Gasteiger partial charge on any atom is 0.261 e. The van der Waals surface area contributed by atoms with Gasteiger partial charge in [0.1, 0.15) is 5.75 Å². The molecule has 5 nitrogen and oxygen atoms in total. The van der Waals surface area contributed by atoms with Crippen LogP contribution in [0.4, 0.5) is 5.69 Å². The van der Waals surface area contributed by atoms with Crippen LogP contribution in [0, 0.1) is 0 Å². The van der Waals surface area contributed by atoms with E-state index in [0.717, 1.165) is 0 Å². The summed E-state index contributed by atoms with van der Waals surface area (Å²) in [6, 6.07) is 17.4.